The summed E-state index contributed by atoms with van der Waals surface area (Å²) in [4.78, 5) is 35.2. The van der Waals surface area contributed by atoms with E-state index in [1.165, 1.54) is 20.1 Å². The van der Waals surface area contributed by atoms with Crippen molar-refractivity contribution in [3.05, 3.63) is 36.0 Å². The van der Waals surface area contributed by atoms with Gasteiger partial charge in [-0.3, -0.25) is 4.79 Å². The molecule has 0 radical (unpaired) electrons. The van der Waals surface area contributed by atoms with E-state index in [9.17, 15) is 14.4 Å². The smallest absolute Gasteiger partial charge is 0.344 e. The lowest BCUT2D eigenvalue weighted by Gasteiger charge is -2.33. The minimum absolute atomic E-state index is 0.187. The number of esters is 1. The maximum absolute atomic E-state index is 12.3. The van der Waals surface area contributed by atoms with Crippen molar-refractivity contribution in [2.24, 2.45) is 5.92 Å². The molecule has 0 aromatic heterocycles. The summed E-state index contributed by atoms with van der Waals surface area (Å²) in [7, 11) is 1.40. The van der Waals surface area contributed by atoms with Gasteiger partial charge in [0.2, 0.25) is 0 Å². The Morgan fingerprint density at radius 3 is 2.63 bits per heavy atom. The molecule has 1 aromatic carbocycles. The number of nitrogens with one attached hydrogen (secondary N) is 2. The van der Waals surface area contributed by atoms with Crippen molar-refractivity contribution in [2.45, 2.75) is 26.0 Å². The zero-order valence-electron chi connectivity index (χ0n) is 15.3. The molecule has 2 rings (SSSR count). The first kappa shape index (κ1) is 20.1. The number of carbonyl (C=O) groups excluding carboxylic acids is 2. The van der Waals surface area contributed by atoms with Crippen molar-refractivity contribution in [1.29, 1.82) is 0 Å². The Morgan fingerprint density at radius 1 is 1.33 bits per heavy atom. The number of urea groups is 1. The van der Waals surface area contributed by atoms with E-state index in [4.69, 9.17) is 19.3 Å². The average Bonchev–Trinajstić information content (AvgIpc) is 2.61. The number of carboxylic acids is 1. The third-order valence-corrected chi connectivity index (χ3v) is 4.01. The van der Waals surface area contributed by atoms with Crippen molar-refractivity contribution in [3.8, 4) is 11.5 Å². The van der Waals surface area contributed by atoms with E-state index in [1.807, 2.05) is 0 Å². The maximum Gasteiger partial charge on any atom is 0.344 e. The summed E-state index contributed by atoms with van der Waals surface area (Å²) in [6.07, 6.45) is -1.07. The Kier molecular flexibility index (Phi) is 6.27. The number of methoxy groups -OCH3 is 1. The summed E-state index contributed by atoms with van der Waals surface area (Å²) in [5.41, 5.74) is 0.775. The second-order valence-electron chi connectivity index (χ2n) is 5.84. The van der Waals surface area contributed by atoms with Crippen molar-refractivity contribution in [1.82, 2.24) is 10.6 Å². The summed E-state index contributed by atoms with van der Waals surface area (Å²) in [6.45, 7) is 7.01. The first-order valence-electron chi connectivity index (χ1n) is 8.28. The number of hydrogen-bond donors (Lipinski definition) is 3. The number of carbonyl (C=O) groups is 3. The molecular weight excluding hydrogens is 356 g/mol. The van der Waals surface area contributed by atoms with E-state index >= 15 is 0 Å². The number of hydrogen-bond acceptors (Lipinski definition) is 6. The lowest BCUT2D eigenvalue weighted by Crippen LogP contribution is -2.51. The highest BCUT2D eigenvalue weighted by Crippen LogP contribution is 2.36. The normalized spacial score (nSPS) is 20.1. The molecule has 1 saturated heterocycles. The van der Waals surface area contributed by atoms with Gasteiger partial charge in [0.25, 0.3) is 0 Å². The summed E-state index contributed by atoms with van der Waals surface area (Å²) < 4.78 is 15.7. The summed E-state index contributed by atoms with van der Waals surface area (Å²) in [5.74, 6) is -1.99. The molecule has 2 amide bonds. The van der Waals surface area contributed by atoms with Gasteiger partial charge in [-0.2, -0.15) is 0 Å². The molecule has 1 aliphatic rings. The van der Waals surface area contributed by atoms with E-state index in [-0.39, 0.29) is 23.8 Å². The van der Waals surface area contributed by atoms with Gasteiger partial charge in [0, 0.05) is 5.70 Å². The number of ether oxygens (including phenoxy) is 3. The first-order chi connectivity index (χ1) is 12.8. The Balaban J connectivity index is 2.38. The molecule has 9 heteroatoms. The number of rotatable bonds is 7. The van der Waals surface area contributed by atoms with Crippen LogP contribution in [-0.2, 0) is 14.3 Å². The van der Waals surface area contributed by atoms with Crippen molar-refractivity contribution in [3.63, 3.8) is 0 Å². The topological polar surface area (TPSA) is 123 Å². The third-order valence-electron chi connectivity index (χ3n) is 4.01. The minimum atomic E-state index is -1.12. The molecule has 0 saturated carbocycles. The van der Waals surface area contributed by atoms with Crippen LogP contribution in [0.2, 0.25) is 0 Å². The summed E-state index contributed by atoms with van der Waals surface area (Å²) in [5, 5.41) is 14.1. The van der Waals surface area contributed by atoms with E-state index in [0.29, 0.717) is 5.56 Å². The molecule has 3 atom stereocenters. The highest BCUT2D eigenvalue weighted by molar-refractivity contribution is 5.85. The molecular formula is C18H22N2O7. The number of benzene rings is 1. The monoisotopic (exact) mass is 378 g/mol. The van der Waals surface area contributed by atoms with Crippen LogP contribution in [0.25, 0.3) is 0 Å². The van der Waals surface area contributed by atoms with Crippen LogP contribution < -0.4 is 20.1 Å². The van der Waals surface area contributed by atoms with Gasteiger partial charge >= 0.3 is 18.0 Å². The fourth-order valence-electron chi connectivity index (χ4n) is 2.69. The fraction of sp³-hybridized carbons (Fsp3) is 0.389. The first-order valence-corrected chi connectivity index (χ1v) is 8.28. The molecule has 0 unspecified atom stereocenters. The second kappa shape index (κ2) is 8.43. The van der Waals surface area contributed by atoms with Crippen LogP contribution >= 0.6 is 0 Å². The van der Waals surface area contributed by atoms with Crippen LogP contribution in [0.4, 0.5) is 4.79 Å². The fourth-order valence-corrected chi connectivity index (χ4v) is 2.69. The lowest BCUT2D eigenvalue weighted by atomic mass is 9.89. The van der Waals surface area contributed by atoms with Gasteiger partial charge in [0.15, 0.2) is 17.6 Å². The van der Waals surface area contributed by atoms with Crippen LogP contribution in [0.5, 0.6) is 11.5 Å². The Bertz CT molecular complexity index is 762. The highest BCUT2D eigenvalue weighted by Gasteiger charge is 2.39. The van der Waals surface area contributed by atoms with Gasteiger partial charge in [0.05, 0.1) is 19.8 Å². The average molecular weight is 378 g/mol. The largest absolute Gasteiger partial charge is 0.493 e. The predicted octanol–water partition coefficient (Wildman–Crippen LogP) is 1.59. The van der Waals surface area contributed by atoms with E-state index < -0.39 is 36.0 Å². The SMILES string of the molecule is C=C1NC(=O)N[C@H](c2ccc(O[C@@H](C)C(=O)O)c(OC)c2)[C@H]1C(=O)OCC. The summed E-state index contributed by atoms with van der Waals surface area (Å²) >= 11 is 0. The summed E-state index contributed by atoms with van der Waals surface area (Å²) in [6, 6.07) is 3.48. The van der Waals surface area contributed by atoms with E-state index in [1.54, 1.807) is 19.1 Å². The standard InChI is InChI=1S/C18H22N2O7/c1-5-26-17(23)14-9(2)19-18(24)20-15(14)11-6-7-12(13(8-11)25-4)27-10(3)16(21)22/h6-8,10,14-15H,2,5H2,1,3-4H3,(H,21,22)(H2,19,20,24)/t10-,14-,15+/m0/s1. The van der Waals surface area contributed by atoms with Gasteiger partial charge in [-0.25, -0.2) is 9.59 Å². The highest BCUT2D eigenvalue weighted by atomic mass is 16.5. The van der Waals surface area contributed by atoms with Crippen molar-refractivity contribution < 1.29 is 33.7 Å². The molecule has 3 N–H and O–H groups in total. The molecule has 1 aromatic rings. The van der Waals surface area contributed by atoms with E-state index in [2.05, 4.69) is 17.2 Å². The van der Waals surface area contributed by atoms with Gasteiger partial charge in [0.1, 0.15) is 5.92 Å². The molecule has 0 bridgehead atoms. The van der Waals surface area contributed by atoms with Gasteiger partial charge in [-0.05, 0) is 31.5 Å². The van der Waals surface area contributed by atoms with Crippen LogP contribution in [0.1, 0.15) is 25.5 Å². The lowest BCUT2D eigenvalue weighted by molar-refractivity contribution is -0.148. The number of amides is 2. The predicted molar refractivity (Wildman–Crippen MR) is 94.4 cm³/mol. The maximum atomic E-state index is 12.3. The Hall–Kier alpha value is -3.23. The van der Waals surface area contributed by atoms with Gasteiger partial charge < -0.3 is 30.0 Å². The zero-order valence-corrected chi connectivity index (χ0v) is 15.3. The molecule has 27 heavy (non-hydrogen) atoms. The molecule has 0 spiro atoms. The Labute approximate surface area is 156 Å². The van der Waals surface area contributed by atoms with Crippen molar-refractivity contribution >= 4 is 18.0 Å². The molecule has 1 fully saturated rings. The van der Waals surface area contributed by atoms with E-state index in [0.717, 1.165) is 0 Å². The van der Waals surface area contributed by atoms with Crippen molar-refractivity contribution in [2.75, 3.05) is 13.7 Å². The van der Waals surface area contributed by atoms with Gasteiger partial charge in [-0.15, -0.1) is 0 Å². The number of aliphatic carboxylic acids is 1. The van der Waals surface area contributed by atoms with Crippen LogP contribution in [-0.4, -0.2) is 42.9 Å². The quantitative estimate of drug-likeness (QED) is 0.616. The molecule has 9 nitrogen and oxygen atoms in total. The Morgan fingerprint density at radius 2 is 2.04 bits per heavy atom. The molecule has 146 valence electrons. The van der Waals surface area contributed by atoms with Gasteiger partial charge in [-0.1, -0.05) is 12.6 Å². The minimum Gasteiger partial charge on any atom is -0.493 e. The second-order valence-corrected chi connectivity index (χ2v) is 5.84. The molecule has 1 aliphatic heterocycles. The van der Waals surface area contributed by atoms with Crippen LogP contribution in [0, 0.1) is 5.92 Å². The molecule has 0 aliphatic carbocycles. The van der Waals surface area contributed by atoms with Crippen LogP contribution in [0.3, 0.4) is 0 Å². The third kappa shape index (κ3) is 4.49. The van der Waals surface area contributed by atoms with Crippen LogP contribution in [0.15, 0.2) is 30.5 Å². The molecule has 1 heterocycles. The number of carboxylic acid groups (broad SMARTS) is 1. The zero-order chi connectivity index (χ0) is 20.1.